The second-order valence-electron chi connectivity index (χ2n) is 34.1. The van der Waals surface area contributed by atoms with Gasteiger partial charge in [-0.25, -0.2) is 0 Å². The van der Waals surface area contributed by atoms with Crippen molar-refractivity contribution in [2.45, 2.75) is 78.6 Å². The zero-order chi connectivity index (χ0) is 84.5. The molecule has 0 spiro atoms. The first kappa shape index (κ1) is 60.1. The van der Waals surface area contributed by atoms with Crippen molar-refractivity contribution in [2.75, 3.05) is 9.80 Å². The van der Waals surface area contributed by atoms with E-state index in [0.717, 1.165) is 194 Å². The van der Waals surface area contributed by atoms with Gasteiger partial charge >= 0.3 is 0 Å². The van der Waals surface area contributed by atoms with Gasteiger partial charge in [-0.05, 0) is 204 Å². The molecule has 20 aromatic rings. The molecule has 0 amide bonds. The standard InChI is InChI=1S/C108H83BN4O2/c1-106(2,3)70-59-82(66-31-13-10-14-32-66)104(85(61-70)78-42-29-49-99-101(78)80-40-22-27-47-97(80)114-99)112-93-56-52-69(68-51-55-92-84(57-68)77-39-21-26-46-91(77)110(92)73-35-17-12-18-36-73)58-88(93)109-87-54-53-74(111-89-44-24-19-37-75(89)76-38-20-25-45-90(76)111)65-94(87)113(96-64-72(108(7,8)9)63-95(112)103(96)109)105-83(67-33-15-11-16-34-67)60-71(107(4,5)6)62-86(105)79-43-30-50-100-102(79)81-41-23-28-48-98(81)115-100/h10-65H,1-9H3/i19D,20D,24D,25D,37D,38D,44D,45D. The molecule has 0 radical (unpaired) electrons. The zero-order valence-corrected chi connectivity index (χ0v) is 65.4. The van der Waals surface area contributed by atoms with Crippen LogP contribution in [0.3, 0.4) is 0 Å². The fourth-order valence-corrected chi connectivity index (χ4v) is 18.6. The van der Waals surface area contributed by atoms with Crippen LogP contribution in [0, 0.1) is 0 Å². The predicted molar refractivity (Wildman–Crippen MR) is 487 cm³/mol. The van der Waals surface area contributed by atoms with E-state index < -0.39 is 53.8 Å². The van der Waals surface area contributed by atoms with Gasteiger partial charge < -0.3 is 27.8 Å². The van der Waals surface area contributed by atoms with Gasteiger partial charge in [-0.15, -0.1) is 0 Å². The van der Waals surface area contributed by atoms with Crippen LogP contribution in [0.1, 0.15) is 90.0 Å². The van der Waals surface area contributed by atoms with Crippen molar-refractivity contribution >= 4 is 145 Å². The van der Waals surface area contributed by atoms with E-state index in [2.05, 4.69) is 344 Å². The normalized spacial score (nSPS) is 14.0. The van der Waals surface area contributed by atoms with Crippen LogP contribution in [-0.2, 0) is 16.2 Å². The van der Waals surface area contributed by atoms with E-state index in [1.807, 2.05) is 24.3 Å². The summed E-state index contributed by atoms with van der Waals surface area (Å²) in [5, 5.41) is 6.13. The molecule has 0 saturated carbocycles. The zero-order valence-electron chi connectivity index (χ0n) is 73.4. The van der Waals surface area contributed by atoms with Crippen LogP contribution >= 0.6 is 0 Å². The van der Waals surface area contributed by atoms with Gasteiger partial charge in [-0.1, -0.05) is 281 Å². The largest absolute Gasteiger partial charge is 0.456 e. The van der Waals surface area contributed by atoms with Gasteiger partial charge in [-0.2, -0.15) is 0 Å². The third-order valence-electron chi connectivity index (χ3n) is 24.2. The van der Waals surface area contributed by atoms with E-state index in [1.54, 1.807) is 4.57 Å². The fourth-order valence-electron chi connectivity index (χ4n) is 18.6. The highest BCUT2D eigenvalue weighted by Gasteiger charge is 2.47. The SMILES string of the molecule is [2H]c1c([2H])c([2H])c2c(c1[2H])c1c([2H])c([2H])c([2H])c([2H])c1n2-c1ccc2c(c1)N(c1c(-c3ccccc3)cc(C(C)(C)C)cc1-c1cccc3oc4ccccc4c13)c1cc(C(C)(C)C)cc3c1B2c1cc(-c2ccc4c(c2)c2ccccc2n4-c2ccccc2)ccc1N3c1c(-c2ccccc2)cc(C(C)(C)C)cc1-c1cccc2oc3ccccc3c12. The molecule has 0 saturated heterocycles. The van der Waals surface area contributed by atoms with E-state index in [4.69, 9.17) is 8.83 Å². The summed E-state index contributed by atoms with van der Waals surface area (Å²) >= 11 is 0. The molecule has 0 unspecified atom stereocenters. The van der Waals surface area contributed by atoms with Crippen molar-refractivity contribution in [1.82, 2.24) is 9.13 Å². The molecule has 16 aromatic carbocycles. The number of anilines is 6. The number of aromatic nitrogens is 2. The van der Waals surface area contributed by atoms with Gasteiger partial charge in [0.05, 0.1) is 44.4 Å². The highest BCUT2D eigenvalue weighted by atomic mass is 16.3. The Hall–Kier alpha value is -13.6. The molecule has 0 N–H and O–H groups in total. The van der Waals surface area contributed by atoms with Crippen molar-refractivity contribution in [3.8, 4) is 67.0 Å². The van der Waals surface area contributed by atoms with Gasteiger partial charge in [0, 0.05) is 99.5 Å². The molecule has 0 bridgehead atoms. The van der Waals surface area contributed by atoms with Crippen LogP contribution in [0.15, 0.2) is 348 Å². The molecular weight excluding hydrogens is 1400 g/mol. The van der Waals surface area contributed by atoms with Crippen molar-refractivity contribution in [1.29, 1.82) is 0 Å². The average Bonchev–Trinajstić information content (AvgIpc) is 1.29. The Kier molecular flexibility index (Phi) is 13.3. The lowest BCUT2D eigenvalue weighted by Gasteiger charge is -2.47. The number of benzene rings is 16. The number of fused-ring (bicyclic) bond motifs is 16. The van der Waals surface area contributed by atoms with Gasteiger partial charge in [0.2, 0.25) is 0 Å². The number of hydrogen-bond donors (Lipinski definition) is 0. The van der Waals surface area contributed by atoms with Gasteiger partial charge in [0.25, 0.3) is 6.71 Å². The number of furan rings is 2. The van der Waals surface area contributed by atoms with Crippen LogP contribution in [0.2, 0.25) is 0 Å². The third-order valence-corrected chi connectivity index (χ3v) is 24.2. The van der Waals surface area contributed by atoms with Crippen LogP contribution in [0.5, 0.6) is 0 Å². The van der Waals surface area contributed by atoms with E-state index in [-0.39, 0.29) is 39.3 Å². The summed E-state index contributed by atoms with van der Waals surface area (Å²) in [6.07, 6.45) is 0. The van der Waals surface area contributed by atoms with Crippen molar-refractivity contribution in [3.05, 3.63) is 356 Å². The molecule has 6 nitrogen and oxygen atoms in total. The second-order valence-corrected chi connectivity index (χ2v) is 34.1. The summed E-state index contributed by atoms with van der Waals surface area (Å²) in [6.45, 7) is 20.0. The minimum atomic E-state index is -0.593. The number of rotatable bonds is 9. The Bertz CT molecular complexity index is 7860. The Labute approximate surface area is 681 Å². The third kappa shape index (κ3) is 10.6. The maximum Gasteiger partial charge on any atom is 0.252 e. The first-order chi connectivity index (χ1) is 59.3. The van der Waals surface area contributed by atoms with Crippen molar-refractivity contribution < 1.29 is 19.8 Å². The summed E-state index contributed by atoms with van der Waals surface area (Å²) in [5.41, 5.74) is 26.7. The minimum Gasteiger partial charge on any atom is -0.456 e. The minimum absolute atomic E-state index is 0.00662. The molecule has 550 valence electrons. The first-order valence-electron chi connectivity index (χ1n) is 43.7. The Morgan fingerprint density at radius 2 is 0.722 bits per heavy atom. The molecule has 4 aromatic heterocycles. The van der Waals surface area contributed by atoms with Gasteiger partial charge in [-0.3, -0.25) is 0 Å². The van der Waals surface area contributed by atoms with Gasteiger partial charge in [0.15, 0.2) is 0 Å². The molecular formula is C108H83BN4O2. The van der Waals surface area contributed by atoms with Gasteiger partial charge in [0.1, 0.15) is 22.3 Å². The molecule has 0 aliphatic carbocycles. The molecule has 6 heterocycles. The Balaban J connectivity index is 0.944. The lowest BCUT2D eigenvalue weighted by molar-refractivity contribution is 0.590. The Morgan fingerprint density at radius 1 is 0.278 bits per heavy atom. The summed E-state index contributed by atoms with van der Waals surface area (Å²) in [7, 11) is 0. The summed E-state index contributed by atoms with van der Waals surface area (Å²) in [4.78, 5) is 5.08. The van der Waals surface area contributed by atoms with E-state index in [1.165, 1.54) is 0 Å². The lowest BCUT2D eigenvalue weighted by atomic mass is 9.33. The topological polar surface area (TPSA) is 42.6 Å². The van der Waals surface area contributed by atoms with E-state index in [9.17, 15) is 11.0 Å². The average molecular weight is 1490 g/mol. The van der Waals surface area contributed by atoms with Crippen LogP contribution in [0.4, 0.5) is 34.1 Å². The number of nitrogens with zero attached hydrogens (tertiary/aromatic N) is 4. The van der Waals surface area contributed by atoms with Crippen molar-refractivity contribution in [2.24, 2.45) is 0 Å². The van der Waals surface area contributed by atoms with Crippen LogP contribution in [-0.4, -0.2) is 15.8 Å². The summed E-state index contributed by atoms with van der Waals surface area (Å²) in [5.74, 6) is 0. The summed E-state index contributed by atoms with van der Waals surface area (Å²) in [6, 6.07) is 101. The predicted octanol–water partition coefficient (Wildman–Crippen LogP) is 28.0. The highest BCUT2D eigenvalue weighted by molar-refractivity contribution is 7.00. The van der Waals surface area contributed by atoms with Crippen LogP contribution in [0.25, 0.3) is 154 Å². The first-order valence-corrected chi connectivity index (χ1v) is 39.7. The number of para-hydroxylation sites is 6. The fraction of sp³-hybridized carbons (Fsp3) is 0.111. The molecule has 2 aliphatic rings. The molecule has 2 aliphatic heterocycles. The van der Waals surface area contributed by atoms with Crippen LogP contribution < -0.4 is 26.2 Å². The van der Waals surface area contributed by atoms with Crippen molar-refractivity contribution in [3.63, 3.8) is 0 Å². The van der Waals surface area contributed by atoms with E-state index in [0.29, 0.717) is 5.69 Å². The molecule has 0 fully saturated rings. The molecule has 0 atom stereocenters. The lowest BCUT2D eigenvalue weighted by Crippen LogP contribution is -2.61. The summed E-state index contributed by atoms with van der Waals surface area (Å²) < 4.78 is 94.8. The molecule has 115 heavy (non-hydrogen) atoms. The Morgan fingerprint density at radius 3 is 1.28 bits per heavy atom. The van der Waals surface area contributed by atoms with E-state index >= 15 is 0 Å². The molecule has 22 rings (SSSR count). The molecule has 7 heteroatoms. The smallest absolute Gasteiger partial charge is 0.252 e. The maximum absolute atomic E-state index is 10.0. The quantitative estimate of drug-likeness (QED) is 0.135. The number of hydrogen-bond acceptors (Lipinski definition) is 4. The highest BCUT2D eigenvalue weighted by Crippen LogP contribution is 2.57. The monoisotopic (exact) mass is 1490 g/mol. The second kappa shape index (κ2) is 25.4. The maximum atomic E-state index is 10.0.